The molecule has 0 radical (unpaired) electrons. The smallest absolute Gasteiger partial charge is 0.366 e. The number of hydrogen-bond donors (Lipinski definition) is 1. The Morgan fingerprint density at radius 3 is 2.44 bits per heavy atom. The molecule has 8 heteroatoms. The van der Waals surface area contributed by atoms with E-state index in [1.54, 1.807) is 0 Å². The summed E-state index contributed by atoms with van der Waals surface area (Å²) < 4.78 is 38.2. The third-order valence-corrected chi connectivity index (χ3v) is 3.06. The van der Waals surface area contributed by atoms with Crippen molar-refractivity contribution in [1.82, 2.24) is 0 Å². The summed E-state index contributed by atoms with van der Waals surface area (Å²) in [6, 6.07) is 3.47. The lowest BCUT2D eigenvalue weighted by Gasteiger charge is -2.21. The van der Waals surface area contributed by atoms with Crippen molar-refractivity contribution in [1.29, 1.82) is 0 Å². The fourth-order valence-corrected chi connectivity index (χ4v) is 1.80. The van der Waals surface area contributed by atoms with Crippen LogP contribution in [-0.2, 0) is 0 Å². The first kappa shape index (κ1) is 12.9. The lowest BCUT2D eigenvalue weighted by Crippen LogP contribution is -2.38. The first-order valence-corrected chi connectivity index (χ1v) is 5.42. The highest BCUT2D eigenvalue weighted by Gasteiger charge is 2.63. The number of nitro groups is 1. The highest BCUT2D eigenvalue weighted by molar-refractivity contribution is 6.31. The maximum absolute atomic E-state index is 12.7. The normalized spacial score (nSPS) is 17.3. The Kier molecular flexibility index (Phi) is 2.89. The zero-order valence-electron chi connectivity index (χ0n) is 8.92. The average molecular weight is 281 g/mol. The molecule has 0 bridgehead atoms. The topological polar surface area (TPSA) is 55.2 Å². The number of hydrogen-bond acceptors (Lipinski definition) is 3. The summed E-state index contributed by atoms with van der Waals surface area (Å²) in [5.74, 6) is 0. The predicted molar refractivity (Wildman–Crippen MR) is 59.7 cm³/mol. The molecule has 1 saturated carbocycles. The van der Waals surface area contributed by atoms with Gasteiger partial charge in [0, 0.05) is 11.1 Å². The first-order valence-electron chi connectivity index (χ1n) is 5.04. The molecule has 1 aliphatic carbocycles. The van der Waals surface area contributed by atoms with Crippen LogP contribution in [0.3, 0.4) is 0 Å². The summed E-state index contributed by atoms with van der Waals surface area (Å²) in [6.07, 6.45) is -4.64. The summed E-state index contributed by atoms with van der Waals surface area (Å²) >= 11 is 5.64. The molecule has 0 amide bonds. The number of anilines is 1. The van der Waals surface area contributed by atoms with Crippen LogP contribution in [0.1, 0.15) is 12.8 Å². The van der Waals surface area contributed by atoms with E-state index in [1.165, 1.54) is 6.07 Å². The number of nitro benzene ring substituents is 1. The van der Waals surface area contributed by atoms with Gasteiger partial charge in [-0.25, -0.2) is 0 Å². The molecule has 1 aromatic carbocycles. The SMILES string of the molecule is O=[N+]([O-])c1ccc(Cl)cc1NC1(C(F)(F)F)CC1. The Morgan fingerprint density at radius 1 is 1.39 bits per heavy atom. The molecule has 0 saturated heterocycles. The van der Waals surface area contributed by atoms with Gasteiger partial charge in [-0.1, -0.05) is 11.6 Å². The largest absolute Gasteiger partial charge is 0.411 e. The lowest BCUT2D eigenvalue weighted by molar-refractivity contribution is -0.384. The molecule has 0 spiro atoms. The van der Waals surface area contributed by atoms with E-state index in [0.29, 0.717) is 0 Å². The number of benzene rings is 1. The molecule has 1 aliphatic rings. The van der Waals surface area contributed by atoms with Gasteiger partial charge < -0.3 is 5.32 Å². The number of nitrogens with one attached hydrogen (secondary N) is 1. The Hall–Kier alpha value is -1.50. The zero-order chi connectivity index (χ0) is 13.6. The van der Waals surface area contributed by atoms with Gasteiger partial charge in [-0.15, -0.1) is 0 Å². The summed E-state index contributed by atoms with van der Waals surface area (Å²) in [6.45, 7) is 0. The van der Waals surface area contributed by atoms with Gasteiger partial charge in [0.05, 0.1) is 4.92 Å². The molecule has 2 rings (SSSR count). The maximum atomic E-state index is 12.7. The van der Waals surface area contributed by atoms with Gasteiger partial charge in [-0.2, -0.15) is 13.2 Å². The quantitative estimate of drug-likeness (QED) is 0.677. The molecule has 98 valence electrons. The predicted octanol–water partition coefficient (Wildman–Crippen LogP) is 3.75. The molecule has 1 aromatic rings. The summed E-state index contributed by atoms with van der Waals surface area (Å²) in [5.41, 5.74) is -2.68. The van der Waals surface area contributed by atoms with Crippen molar-refractivity contribution < 1.29 is 18.1 Å². The average Bonchev–Trinajstić information content (AvgIpc) is 2.97. The van der Waals surface area contributed by atoms with Crippen molar-refractivity contribution in [2.24, 2.45) is 0 Å². The van der Waals surface area contributed by atoms with Crippen molar-refractivity contribution in [3.63, 3.8) is 0 Å². The molecule has 18 heavy (non-hydrogen) atoms. The Labute approximate surface area is 105 Å². The number of rotatable bonds is 3. The Bertz CT molecular complexity index is 500. The highest BCUT2D eigenvalue weighted by atomic mass is 35.5. The van der Waals surface area contributed by atoms with Crippen molar-refractivity contribution >= 4 is 23.0 Å². The molecule has 1 fully saturated rings. The second kappa shape index (κ2) is 4.01. The van der Waals surface area contributed by atoms with Crippen LogP contribution in [-0.4, -0.2) is 16.6 Å². The van der Waals surface area contributed by atoms with Gasteiger partial charge in [-0.05, 0) is 25.0 Å². The number of nitrogens with zero attached hydrogens (tertiary/aromatic N) is 1. The van der Waals surface area contributed by atoms with Crippen LogP contribution in [0.2, 0.25) is 5.02 Å². The Morgan fingerprint density at radius 2 is 2.00 bits per heavy atom. The fraction of sp³-hybridized carbons (Fsp3) is 0.400. The second-order valence-electron chi connectivity index (χ2n) is 4.12. The van der Waals surface area contributed by atoms with Gasteiger partial charge in [0.25, 0.3) is 5.69 Å². The van der Waals surface area contributed by atoms with E-state index in [4.69, 9.17) is 11.6 Å². The van der Waals surface area contributed by atoms with E-state index in [0.717, 1.165) is 12.1 Å². The molecule has 0 atom stereocenters. The van der Waals surface area contributed by atoms with Crippen LogP contribution in [0.25, 0.3) is 0 Å². The van der Waals surface area contributed by atoms with E-state index >= 15 is 0 Å². The molecular formula is C10H8ClF3N2O2. The third kappa shape index (κ3) is 2.22. The highest BCUT2D eigenvalue weighted by Crippen LogP contribution is 2.52. The fourth-order valence-electron chi connectivity index (χ4n) is 1.63. The summed E-state index contributed by atoms with van der Waals surface area (Å²) in [7, 11) is 0. The van der Waals surface area contributed by atoms with E-state index in [2.05, 4.69) is 5.32 Å². The van der Waals surface area contributed by atoms with Gasteiger partial charge >= 0.3 is 6.18 Å². The molecule has 0 unspecified atom stereocenters. The standard InChI is InChI=1S/C10H8ClF3N2O2/c11-6-1-2-8(16(17)18)7(5-6)15-9(3-4-9)10(12,13)14/h1-2,5,15H,3-4H2. The van der Waals surface area contributed by atoms with E-state index in [1.807, 2.05) is 0 Å². The molecule has 0 aliphatic heterocycles. The minimum Gasteiger partial charge on any atom is -0.366 e. The minimum absolute atomic E-state index is 0.0971. The van der Waals surface area contributed by atoms with E-state index in [9.17, 15) is 23.3 Å². The summed E-state index contributed by atoms with van der Waals surface area (Å²) in [5, 5.41) is 13.1. The van der Waals surface area contributed by atoms with Gasteiger partial charge in [-0.3, -0.25) is 10.1 Å². The van der Waals surface area contributed by atoms with Crippen LogP contribution < -0.4 is 5.32 Å². The van der Waals surface area contributed by atoms with Crippen molar-refractivity contribution in [3.05, 3.63) is 33.3 Å². The first-order chi connectivity index (χ1) is 8.25. The van der Waals surface area contributed by atoms with Crippen LogP contribution in [0, 0.1) is 10.1 Å². The van der Waals surface area contributed by atoms with Gasteiger partial charge in [0.15, 0.2) is 0 Å². The molecule has 1 N–H and O–H groups in total. The van der Waals surface area contributed by atoms with Crippen molar-refractivity contribution in [3.8, 4) is 0 Å². The van der Waals surface area contributed by atoms with E-state index < -0.39 is 22.3 Å². The van der Waals surface area contributed by atoms with Crippen molar-refractivity contribution in [2.75, 3.05) is 5.32 Å². The van der Waals surface area contributed by atoms with Crippen LogP contribution in [0.5, 0.6) is 0 Å². The molecular weight excluding hydrogens is 273 g/mol. The zero-order valence-corrected chi connectivity index (χ0v) is 9.68. The lowest BCUT2D eigenvalue weighted by atomic mass is 10.2. The maximum Gasteiger partial charge on any atom is 0.411 e. The van der Waals surface area contributed by atoms with E-state index in [-0.39, 0.29) is 23.6 Å². The van der Waals surface area contributed by atoms with Crippen LogP contribution >= 0.6 is 11.6 Å². The monoisotopic (exact) mass is 280 g/mol. The van der Waals surface area contributed by atoms with Crippen LogP contribution in [0.4, 0.5) is 24.5 Å². The number of alkyl halides is 3. The second-order valence-corrected chi connectivity index (χ2v) is 4.56. The molecule has 0 aromatic heterocycles. The summed E-state index contributed by atoms with van der Waals surface area (Å²) in [4.78, 5) is 9.99. The third-order valence-electron chi connectivity index (χ3n) is 2.82. The van der Waals surface area contributed by atoms with Gasteiger partial charge in [0.1, 0.15) is 11.2 Å². The number of halogens is 4. The molecule has 0 heterocycles. The molecule has 4 nitrogen and oxygen atoms in total. The minimum atomic E-state index is -4.44. The van der Waals surface area contributed by atoms with Crippen LogP contribution in [0.15, 0.2) is 18.2 Å². The Balaban J connectivity index is 2.35. The van der Waals surface area contributed by atoms with Crippen molar-refractivity contribution in [2.45, 2.75) is 24.6 Å². The van der Waals surface area contributed by atoms with Gasteiger partial charge in [0.2, 0.25) is 0 Å².